The number of hydrogen-bond donors (Lipinski definition) is 0. The van der Waals surface area contributed by atoms with Crippen LogP contribution in [0.2, 0.25) is 5.02 Å². The molecule has 2 rings (SSSR count). The molecule has 5 nitrogen and oxygen atoms in total. The van der Waals surface area contributed by atoms with Crippen LogP contribution in [-0.4, -0.2) is 22.2 Å². The van der Waals surface area contributed by atoms with Crippen molar-refractivity contribution in [2.45, 2.75) is 0 Å². The molecule has 0 unspecified atom stereocenters. The highest BCUT2D eigenvalue weighted by molar-refractivity contribution is 6.33. The minimum atomic E-state index is -0.702. The van der Waals surface area contributed by atoms with E-state index in [2.05, 4.69) is 4.98 Å². The molecule has 1 aliphatic heterocycles. The minimum absolute atomic E-state index is 0.230. The number of amides is 1. The molecule has 0 saturated carbocycles. The second-order valence-corrected chi connectivity index (χ2v) is 3.54. The third-order valence-electron chi connectivity index (χ3n) is 2.08. The zero-order valence-corrected chi connectivity index (χ0v) is 9.41. The summed E-state index contributed by atoms with van der Waals surface area (Å²) in [6, 6.07) is 3.33. The Kier molecular flexibility index (Phi) is 3.20. The fourth-order valence-electron chi connectivity index (χ4n) is 1.36. The maximum absolute atomic E-state index is 11.4. The van der Waals surface area contributed by atoms with Gasteiger partial charge >= 0.3 is 5.91 Å². The smallest absolute Gasteiger partial charge is 0.292 e. The number of carbonyl (C=O) groups is 2. The predicted octanol–water partition coefficient (Wildman–Crippen LogP) is 1.52. The maximum atomic E-state index is 11.4. The number of anilines is 1. The molecule has 0 fully saturated rings. The Balaban J connectivity index is 2.39. The molecule has 0 atom stereocenters. The van der Waals surface area contributed by atoms with E-state index in [-0.39, 0.29) is 6.29 Å². The first-order valence-corrected chi connectivity index (χ1v) is 5.15. The maximum Gasteiger partial charge on any atom is 0.309 e. The predicted molar refractivity (Wildman–Crippen MR) is 62.9 cm³/mol. The standard InChI is InChI=1S/C11H8ClN3O2/c12-9-4-3-5-13-11(9)15-7-2-1-6-14(15)10(17)8-16/h1-8H. The van der Waals surface area contributed by atoms with Crippen molar-refractivity contribution < 1.29 is 9.59 Å². The van der Waals surface area contributed by atoms with Gasteiger partial charge in [-0.05, 0) is 24.3 Å². The molecular formula is C11H8ClN3O2. The lowest BCUT2D eigenvalue weighted by Gasteiger charge is -2.30. The molecule has 0 N–H and O–H groups in total. The Bertz CT molecular complexity index is 513. The van der Waals surface area contributed by atoms with Crippen LogP contribution in [0.4, 0.5) is 5.82 Å². The molecule has 17 heavy (non-hydrogen) atoms. The Morgan fingerprint density at radius 2 is 2.12 bits per heavy atom. The van der Waals surface area contributed by atoms with Crippen molar-refractivity contribution in [2.24, 2.45) is 0 Å². The molecule has 0 aliphatic carbocycles. The lowest BCUT2D eigenvalue weighted by Crippen LogP contribution is -2.42. The van der Waals surface area contributed by atoms with Gasteiger partial charge in [0, 0.05) is 18.6 Å². The van der Waals surface area contributed by atoms with Crippen LogP contribution < -0.4 is 5.01 Å². The summed E-state index contributed by atoms with van der Waals surface area (Å²) in [5, 5.41) is 2.91. The number of allylic oxidation sites excluding steroid dienone is 2. The fraction of sp³-hybridized carbons (Fsp3) is 0. The lowest BCUT2D eigenvalue weighted by atomic mass is 10.4. The van der Waals surface area contributed by atoms with Gasteiger partial charge in [-0.15, -0.1) is 0 Å². The summed E-state index contributed by atoms with van der Waals surface area (Å²) in [4.78, 5) is 26.0. The van der Waals surface area contributed by atoms with Gasteiger partial charge in [-0.2, -0.15) is 0 Å². The summed E-state index contributed by atoms with van der Waals surface area (Å²) in [6.45, 7) is 0. The summed E-state index contributed by atoms with van der Waals surface area (Å²) in [7, 11) is 0. The summed E-state index contributed by atoms with van der Waals surface area (Å²) >= 11 is 5.98. The third-order valence-corrected chi connectivity index (χ3v) is 2.38. The van der Waals surface area contributed by atoms with Gasteiger partial charge in [0.05, 0.1) is 5.02 Å². The van der Waals surface area contributed by atoms with E-state index in [4.69, 9.17) is 11.6 Å². The Morgan fingerprint density at radius 3 is 2.82 bits per heavy atom. The van der Waals surface area contributed by atoms with Gasteiger partial charge in [0.25, 0.3) is 0 Å². The first-order chi connectivity index (χ1) is 8.24. The lowest BCUT2D eigenvalue weighted by molar-refractivity contribution is -0.137. The van der Waals surface area contributed by atoms with Gasteiger partial charge < -0.3 is 0 Å². The van der Waals surface area contributed by atoms with Gasteiger partial charge in [-0.25, -0.2) is 15.0 Å². The number of aromatic nitrogens is 1. The van der Waals surface area contributed by atoms with E-state index in [9.17, 15) is 9.59 Å². The highest BCUT2D eigenvalue weighted by Crippen LogP contribution is 2.25. The monoisotopic (exact) mass is 249 g/mol. The van der Waals surface area contributed by atoms with Crippen molar-refractivity contribution in [1.29, 1.82) is 0 Å². The molecule has 0 aromatic carbocycles. The number of rotatable bonds is 2. The van der Waals surface area contributed by atoms with E-state index in [0.717, 1.165) is 5.01 Å². The van der Waals surface area contributed by atoms with E-state index >= 15 is 0 Å². The van der Waals surface area contributed by atoms with Crippen molar-refractivity contribution >= 4 is 29.6 Å². The van der Waals surface area contributed by atoms with Gasteiger partial charge in [0.15, 0.2) is 5.82 Å². The minimum Gasteiger partial charge on any atom is -0.292 e. The molecule has 6 heteroatoms. The largest absolute Gasteiger partial charge is 0.309 e. The van der Waals surface area contributed by atoms with Crippen LogP contribution >= 0.6 is 11.6 Å². The molecule has 0 saturated heterocycles. The van der Waals surface area contributed by atoms with Gasteiger partial charge in [0.1, 0.15) is 0 Å². The Morgan fingerprint density at radius 1 is 1.35 bits per heavy atom. The van der Waals surface area contributed by atoms with Crippen molar-refractivity contribution in [2.75, 3.05) is 5.01 Å². The number of hydrogen-bond acceptors (Lipinski definition) is 4. The second kappa shape index (κ2) is 4.80. The van der Waals surface area contributed by atoms with Crippen molar-refractivity contribution in [1.82, 2.24) is 9.99 Å². The Labute approximate surface area is 103 Å². The summed E-state index contributed by atoms with van der Waals surface area (Å²) in [5.74, 6) is -0.322. The van der Waals surface area contributed by atoms with Crippen LogP contribution in [0.1, 0.15) is 0 Å². The van der Waals surface area contributed by atoms with E-state index in [0.29, 0.717) is 10.8 Å². The number of aldehydes is 1. The number of nitrogens with zero attached hydrogens (tertiary/aromatic N) is 3. The van der Waals surface area contributed by atoms with E-state index in [1.54, 1.807) is 36.7 Å². The van der Waals surface area contributed by atoms with Crippen LogP contribution in [-0.2, 0) is 9.59 Å². The molecule has 1 amide bonds. The van der Waals surface area contributed by atoms with E-state index < -0.39 is 5.91 Å². The molecule has 1 aromatic rings. The topological polar surface area (TPSA) is 53.5 Å². The van der Waals surface area contributed by atoms with Crippen molar-refractivity contribution in [3.8, 4) is 0 Å². The number of hydrazine groups is 1. The van der Waals surface area contributed by atoms with Gasteiger partial charge in [-0.3, -0.25) is 9.59 Å². The molecule has 1 aromatic heterocycles. The number of halogens is 1. The summed E-state index contributed by atoms with van der Waals surface area (Å²) < 4.78 is 0. The van der Waals surface area contributed by atoms with E-state index in [1.807, 2.05) is 0 Å². The zero-order chi connectivity index (χ0) is 12.3. The van der Waals surface area contributed by atoms with Crippen LogP contribution in [0.5, 0.6) is 0 Å². The number of carbonyl (C=O) groups excluding carboxylic acids is 2. The fourth-order valence-corrected chi connectivity index (χ4v) is 1.57. The van der Waals surface area contributed by atoms with E-state index in [1.165, 1.54) is 11.2 Å². The van der Waals surface area contributed by atoms with Crippen LogP contribution in [0.25, 0.3) is 0 Å². The summed E-state index contributed by atoms with van der Waals surface area (Å²) in [5.41, 5.74) is 0. The molecule has 86 valence electrons. The Hall–Kier alpha value is -2.14. The van der Waals surface area contributed by atoms with Gasteiger partial charge in [-0.1, -0.05) is 11.6 Å². The molecule has 0 radical (unpaired) electrons. The normalized spacial score (nSPS) is 13.9. The first kappa shape index (κ1) is 11.3. The molecule has 0 spiro atoms. The zero-order valence-electron chi connectivity index (χ0n) is 8.65. The van der Waals surface area contributed by atoms with Crippen molar-refractivity contribution in [3.05, 3.63) is 47.9 Å². The van der Waals surface area contributed by atoms with Crippen molar-refractivity contribution in [3.63, 3.8) is 0 Å². The third kappa shape index (κ3) is 2.19. The van der Waals surface area contributed by atoms with Crippen LogP contribution in [0.15, 0.2) is 42.9 Å². The van der Waals surface area contributed by atoms with Crippen LogP contribution in [0.3, 0.4) is 0 Å². The highest BCUT2D eigenvalue weighted by atomic mass is 35.5. The first-order valence-electron chi connectivity index (χ1n) is 4.77. The summed E-state index contributed by atoms with van der Waals surface area (Å²) in [6.07, 6.45) is 8.18. The molecular weight excluding hydrogens is 242 g/mol. The molecule has 0 bridgehead atoms. The quantitative estimate of drug-likeness (QED) is 0.589. The molecule has 1 aliphatic rings. The average Bonchev–Trinajstić information content (AvgIpc) is 2.38. The SMILES string of the molecule is O=CC(=O)N1C=CC=CN1c1ncccc1Cl. The average molecular weight is 250 g/mol. The second-order valence-electron chi connectivity index (χ2n) is 3.14. The molecule has 2 heterocycles. The van der Waals surface area contributed by atoms with Crippen LogP contribution in [0, 0.1) is 0 Å². The number of pyridine rings is 1. The highest BCUT2D eigenvalue weighted by Gasteiger charge is 2.21. The van der Waals surface area contributed by atoms with Gasteiger partial charge in [0.2, 0.25) is 6.29 Å².